The van der Waals surface area contributed by atoms with Gasteiger partial charge in [-0.2, -0.15) is 0 Å². The summed E-state index contributed by atoms with van der Waals surface area (Å²) in [5.41, 5.74) is 0. The maximum atomic E-state index is 6.04. The molecule has 0 fully saturated rings. The molecule has 4 nitrogen and oxygen atoms in total. The highest BCUT2D eigenvalue weighted by molar-refractivity contribution is 9.10. The molecule has 1 N–H and O–H groups in total. The molecule has 1 heterocycles. The van der Waals surface area contributed by atoms with Gasteiger partial charge in [-0.05, 0) is 28.1 Å². The van der Waals surface area contributed by atoms with Gasteiger partial charge in [0.05, 0.1) is 5.02 Å². The van der Waals surface area contributed by atoms with Crippen LogP contribution in [0.15, 0.2) is 29.0 Å². The molecule has 94 valence electrons. The maximum Gasteiger partial charge on any atom is 0.238 e. The average molecular weight is 349 g/mol. The summed E-state index contributed by atoms with van der Waals surface area (Å²) in [6, 6.07) is 5.14. The molecule has 7 heteroatoms. The van der Waals surface area contributed by atoms with Gasteiger partial charge < -0.3 is 10.1 Å². The Morgan fingerprint density at radius 2 is 2.06 bits per heavy atom. The topological polar surface area (TPSA) is 47.0 Å². The minimum Gasteiger partial charge on any atom is -0.436 e. The lowest BCUT2D eigenvalue weighted by Crippen LogP contribution is -1.97. The fraction of sp³-hybridized carbons (Fsp3) is 0.0909. The number of hydrogen-bond acceptors (Lipinski definition) is 4. The van der Waals surface area contributed by atoms with E-state index in [1.165, 1.54) is 6.33 Å². The molecule has 0 aliphatic rings. The molecule has 2 aromatic rings. The first-order valence-corrected chi connectivity index (χ1v) is 6.48. The van der Waals surface area contributed by atoms with Crippen molar-refractivity contribution in [1.82, 2.24) is 9.97 Å². The number of nitrogens with zero attached hydrogens (tertiary/aromatic N) is 2. The lowest BCUT2D eigenvalue weighted by atomic mass is 10.3. The van der Waals surface area contributed by atoms with Crippen LogP contribution in [0.5, 0.6) is 11.6 Å². The van der Waals surface area contributed by atoms with Gasteiger partial charge in [0.25, 0.3) is 0 Å². The van der Waals surface area contributed by atoms with E-state index in [0.29, 0.717) is 32.0 Å². The predicted molar refractivity (Wildman–Crippen MR) is 75.8 cm³/mol. The number of anilines is 1. The summed E-state index contributed by atoms with van der Waals surface area (Å²) in [5.74, 6) is 1.42. The molecule has 0 amide bonds. The van der Waals surface area contributed by atoms with Crippen molar-refractivity contribution in [1.29, 1.82) is 0 Å². The fourth-order valence-electron chi connectivity index (χ4n) is 1.27. The third kappa shape index (κ3) is 2.68. The Hall–Kier alpha value is -1.04. The number of rotatable bonds is 3. The quantitative estimate of drug-likeness (QED) is 0.894. The van der Waals surface area contributed by atoms with E-state index in [1.54, 1.807) is 25.2 Å². The molecular weight excluding hydrogens is 341 g/mol. The van der Waals surface area contributed by atoms with Gasteiger partial charge in [0.2, 0.25) is 5.88 Å². The zero-order chi connectivity index (χ0) is 13.1. The molecule has 0 aliphatic heterocycles. The van der Waals surface area contributed by atoms with Crippen LogP contribution < -0.4 is 10.1 Å². The lowest BCUT2D eigenvalue weighted by molar-refractivity contribution is 0.459. The highest BCUT2D eigenvalue weighted by Crippen LogP contribution is 2.37. The number of hydrogen-bond donors (Lipinski definition) is 1. The van der Waals surface area contributed by atoms with Crippen molar-refractivity contribution in [2.24, 2.45) is 0 Å². The van der Waals surface area contributed by atoms with E-state index < -0.39 is 0 Å². The molecule has 0 unspecified atom stereocenters. The highest BCUT2D eigenvalue weighted by Gasteiger charge is 2.12. The zero-order valence-electron chi connectivity index (χ0n) is 9.25. The van der Waals surface area contributed by atoms with E-state index in [4.69, 9.17) is 27.9 Å². The maximum absolute atomic E-state index is 6.04. The standard InChI is InChI=1S/C11H8BrCl2N3O/c1-15-10-8(12)11(17-5-16-10)18-7-4-2-3-6(13)9(7)14/h2-5H,1H3,(H,15,16,17). The second-order valence-corrected chi connectivity index (χ2v) is 4.82. The Morgan fingerprint density at radius 1 is 1.28 bits per heavy atom. The molecule has 0 spiro atoms. The van der Waals surface area contributed by atoms with Crippen LogP contribution in [0.2, 0.25) is 10.0 Å². The Balaban J connectivity index is 2.37. The number of ether oxygens (including phenoxy) is 1. The van der Waals surface area contributed by atoms with E-state index in [2.05, 4.69) is 31.2 Å². The Morgan fingerprint density at radius 3 is 2.78 bits per heavy atom. The summed E-state index contributed by atoms with van der Waals surface area (Å²) in [4.78, 5) is 8.06. The molecule has 1 aromatic heterocycles. The Kier molecular flexibility index (Phi) is 4.27. The summed E-state index contributed by atoms with van der Waals surface area (Å²) in [5, 5.41) is 3.68. The summed E-state index contributed by atoms with van der Waals surface area (Å²) in [7, 11) is 1.75. The Bertz CT molecular complexity index is 580. The second-order valence-electron chi connectivity index (χ2n) is 3.25. The van der Waals surface area contributed by atoms with Crippen molar-refractivity contribution >= 4 is 44.9 Å². The minimum absolute atomic E-state index is 0.343. The van der Waals surface area contributed by atoms with Crippen LogP contribution in [0.1, 0.15) is 0 Å². The first-order valence-electron chi connectivity index (χ1n) is 4.93. The molecule has 0 radical (unpaired) electrons. The highest BCUT2D eigenvalue weighted by atomic mass is 79.9. The number of halogens is 3. The van der Waals surface area contributed by atoms with Crippen LogP contribution in [-0.2, 0) is 0 Å². The van der Waals surface area contributed by atoms with E-state index in [9.17, 15) is 0 Å². The Labute approximate surface area is 122 Å². The van der Waals surface area contributed by atoms with Gasteiger partial charge in [0, 0.05) is 7.05 Å². The first-order chi connectivity index (χ1) is 8.63. The summed E-state index contributed by atoms with van der Waals surface area (Å²) < 4.78 is 6.22. The molecule has 1 aromatic carbocycles. The molecule has 0 bridgehead atoms. The van der Waals surface area contributed by atoms with E-state index in [0.717, 1.165) is 0 Å². The molecule has 0 saturated carbocycles. The average Bonchev–Trinajstić information content (AvgIpc) is 2.37. The van der Waals surface area contributed by atoms with Gasteiger partial charge in [-0.25, -0.2) is 9.97 Å². The van der Waals surface area contributed by atoms with Crippen LogP contribution in [0.3, 0.4) is 0 Å². The van der Waals surface area contributed by atoms with Crippen LogP contribution in [0, 0.1) is 0 Å². The summed E-state index contributed by atoms with van der Waals surface area (Å²) >= 11 is 15.3. The fourth-order valence-corrected chi connectivity index (χ4v) is 2.08. The second kappa shape index (κ2) is 5.73. The summed E-state index contributed by atoms with van der Waals surface area (Å²) in [6.45, 7) is 0. The van der Waals surface area contributed by atoms with Gasteiger partial charge >= 0.3 is 0 Å². The molecular formula is C11H8BrCl2N3O. The predicted octanol–water partition coefficient (Wildman–Crippen LogP) is 4.38. The third-order valence-electron chi connectivity index (χ3n) is 2.12. The van der Waals surface area contributed by atoms with Crippen molar-refractivity contribution in [3.05, 3.63) is 39.0 Å². The van der Waals surface area contributed by atoms with E-state index in [1.807, 2.05) is 0 Å². The monoisotopic (exact) mass is 347 g/mol. The first kappa shape index (κ1) is 13.4. The molecule has 0 atom stereocenters. The number of benzene rings is 1. The van der Waals surface area contributed by atoms with Crippen LogP contribution in [0.25, 0.3) is 0 Å². The van der Waals surface area contributed by atoms with Crippen LogP contribution in [-0.4, -0.2) is 17.0 Å². The normalized spacial score (nSPS) is 10.2. The van der Waals surface area contributed by atoms with Gasteiger partial charge in [-0.15, -0.1) is 0 Å². The summed E-state index contributed by atoms with van der Waals surface area (Å²) in [6.07, 6.45) is 1.39. The molecule has 2 rings (SSSR count). The molecule has 0 saturated heterocycles. The van der Waals surface area contributed by atoms with Crippen molar-refractivity contribution in [3.8, 4) is 11.6 Å². The lowest BCUT2D eigenvalue weighted by Gasteiger charge is -2.10. The van der Waals surface area contributed by atoms with Crippen molar-refractivity contribution in [3.63, 3.8) is 0 Å². The number of nitrogens with one attached hydrogen (secondary N) is 1. The van der Waals surface area contributed by atoms with Crippen molar-refractivity contribution < 1.29 is 4.74 Å². The van der Waals surface area contributed by atoms with E-state index in [-0.39, 0.29) is 0 Å². The van der Waals surface area contributed by atoms with E-state index >= 15 is 0 Å². The SMILES string of the molecule is CNc1ncnc(Oc2cccc(Cl)c2Cl)c1Br. The van der Waals surface area contributed by atoms with Crippen molar-refractivity contribution in [2.45, 2.75) is 0 Å². The van der Waals surface area contributed by atoms with Gasteiger partial charge in [0.15, 0.2) is 0 Å². The third-order valence-corrected chi connectivity index (χ3v) is 3.63. The smallest absolute Gasteiger partial charge is 0.238 e. The zero-order valence-corrected chi connectivity index (χ0v) is 12.3. The minimum atomic E-state index is 0.343. The molecule has 18 heavy (non-hydrogen) atoms. The molecule has 0 aliphatic carbocycles. The largest absolute Gasteiger partial charge is 0.436 e. The van der Waals surface area contributed by atoms with Gasteiger partial charge in [-0.3, -0.25) is 0 Å². The number of aromatic nitrogens is 2. The van der Waals surface area contributed by atoms with Crippen molar-refractivity contribution in [2.75, 3.05) is 12.4 Å². The van der Waals surface area contributed by atoms with Crippen LogP contribution in [0.4, 0.5) is 5.82 Å². The van der Waals surface area contributed by atoms with Gasteiger partial charge in [0.1, 0.15) is 27.4 Å². The van der Waals surface area contributed by atoms with Gasteiger partial charge in [-0.1, -0.05) is 29.3 Å². The van der Waals surface area contributed by atoms with Crippen LogP contribution >= 0.6 is 39.1 Å².